The van der Waals surface area contributed by atoms with Gasteiger partial charge in [0.05, 0.1) is 10.7 Å². The van der Waals surface area contributed by atoms with Crippen LogP contribution in [0.25, 0.3) is 0 Å². The molecule has 0 saturated carbocycles. The first-order valence-electron chi connectivity index (χ1n) is 4.09. The summed E-state index contributed by atoms with van der Waals surface area (Å²) in [6.45, 7) is 0. The normalized spacial score (nSPS) is 23.1. The van der Waals surface area contributed by atoms with E-state index in [1.807, 2.05) is 0 Å². The summed E-state index contributed by atoms with van der Waals surface area (Å²) in [4.78, 5) is 11.2. The molecule has 4 nitrogen and oxygen atoms in total. The number of aliphatic hydroxyl groups is 1. The third-order valence-electron chi connectivity index (χ3n) is 1.99. The van der Waals surface area contributed by atoms with Crippen LogP contribution < -0.4 is 0 Å². The average molecular weight is 338 g/mol. The van der Waals surface area contributed by atoms with Crippen molar-refractivity contribution < 1.29 is 19.1 Å². The lowest BCUT2D eigenvalue weighted by Gasteiger charge is -2.15. The topological polar surface area (TPSA) is 59.7 Å². The van der Waals surface area contributed by atoms with E-state index >= 15 is 0 Å². The van der Waals surface area contributed by atoms with Gasteiger partial charge in [0.25, 0.3) is 0 Å². The summed E-state index contributed by atoms with van der Waals surface area (Å²) in [5.74, 6) is -0.149. The van der Waals surface area contributed by atoms with E-state index in [0.29, 0.717) is 10.2 Å². The van der Waals surface area contributed by atoms with Crippen molar-refractivity contribution in [3.8, 4) is 0 Å². The highest BCUT2D eigenvalue weighted by Crippen LogP contribution is 2.37. The van der Waals surface area contributed by atoms with Crippen LogP contribution in [0.4, 0.5) is 0 Å². The van der Waals surface area contributed by atoms with Gasteiger partial charge in [-0.25, -0.2) is 4.79 Å². The second-order valence-electron chi connectivity index (χ2n) is 2.95. The summed E-state index contributed by atoms with van der Waals surface area (Å²) in [6.07, 6.45) is -0.312. The first kappa shape index (κ1) is 10.9. The highest BCUT2D eigenvalue weighted by molar-refractivity contribution is 9.14. The number of rotatable bonds is 2. The molecular weight excluding hydrogens is 332 g/mol. The van der Waals surface area contributed by atoms with Gasteiger partial charge in [-0.15, -0.1) is 0 Å². The Morgan fingerprint density at radius 3 is 2.67 bits per heavy atom. The van der Waals surface area contributed by atoms with Gasteiger partial charge in [-0.05, 0) is 44.0 Å². The number of carbonyl (C=O) groups is 1. The van der Waals surface area contributed by atoms with Gasteiger partial charge in [0.15, 0.2) is 12.2 Å². The van der Waals surface area contributed by atoms with Crippen molar-refractivity contribution in [2.75, 3.05) is 0 Å². The van der Waals surface area contributed by atoms with Crippen LogP contribution in [-0.4, -0.2) is 17.2 Å². The van der Waals surface area contributed by atoms with Crippen molar-refractivity contribution in [3.05, 3.63) is 33.1 Å². The van der Waals surface area contributed by atoms with Crippen LogP contribution in [-0.2, 0) is 9.53 Å². The van der Waals surface area contributed by atoms with Crippen LogP contribution in [0, 0.1) is 0 Å². The number of esters is 1. The Morgan fingerprint density at radius 2 is 2.20 bits per heavy atom. The van der Waals surface area contributed by atoms with Crippen molar-refractivity contribution in [1.82, 2.24) is 0 Å². The zero-order valence-corrected chi connectivity index (χ0v) is 10.5. The second kappa shape index (κ2) is 4.11. The van der Waals surface area contributed by atoms with Crippen LogP contribution in [0.3, 0.4) is 0 Å². The molecule has 0 aliphatic carbocycles. The highest BCUT2D eigenvalue weighted by Gasteiger charge is 2.38. The minimum Gasteiger partial charge on any atom is -0.466 e. The molecule has 15 heavy (non-hydrogen) atoms. The fraction of sp³-hybridized carbons (Fsp3) is 0.222. The number of carbonyl (C=O) groups excluding carboxylic acids is 1. The molecular formula is C9H6Br2O4. The molecule has 0 amide bonds. The summed E-state index contributed by atoms with van der Waals surface area (Å²) >= 11 is 6.24. The Bertz CT molecular complexity index is 410. The molecule has 1 N–H and O–H groups in total. The molecule has 0 spiro atoms. The first-order chi connectivity index (χ1) is 7.11. The minimum atomic E-state index is -1.01. The van der Waals surface area contributed by atoms with Gasteiger partial charge in [0.1, 0.15) is 10.2 Å². The van der Waals surface area contributed by atoms with Gasteiger partial charge in [-0.1, -0.05) is 0 Å². The predicted octanol–water partition coefficient (Wildman–Crippen LogP) is 2.24. The Hall–Kier alpha value is -0.590. The number of hydrogen-bond acceptors (Lipinski definition) is 4. The molecule has 0 aromatic carbocycles. The number of halogens is 2. The molecule has 1 aromatic rings. The Balaban J connectivity index is 2.24. The highest BCUT2D eigenvalue weighted by atomic mass is 79.9. The molecule has 1 aliphatic heterocycles. The maximum absolute atomic E-state index is 11.2. The smallest absolute Gasteiger partial charge is 0.346 e. The number of ether oxygens (including phenoxy) is 1. The van der Waals surface area contributed by atoms with Crippen molar-refractivity contribution in [2.45, 2.75) is 12.2 Å². The standard InChI is InChI=1S/C9H6Br2O4/c10-5-6(11)9(13)15-8(5)7(12)4-2-1-3-14-4/h1-3,7-8,12H/t7-,8-/m1/s1. The summed E-state index contributed by atoms with van der Waals surface area (Å²) in [6, 6.07) is 3.27. The lowest BCUT2D eigenvalue weighted by molar-refractivity contribution is -0.143. The summed E-state index contributed by atoms with van der Waals surface area (Å²) in [5, 5.41) is 9.86. The SMILES string of the molecule is O=C1O[C@@H]([C@H](O)c2ccco2)C(Br)=C1Br. The van der Waals surface area contributed by atoms with E-state index in [2.05, 4.69) is 31.9 Å². The van der Waals surface area contributed by atoms with Crippen LogP contribution in [0.5, 0.6) is 0 Å². The van der Waals surface area contributed by atoms with Crippen molar-refractivity contribution in [1.29, 1.82) is 0 Å². The zero-order chi connectivity index (χ0) is 11.0. The van der Waals surface area contributed by atoms with Gasteiger partial charge >= 0.3 is 5.97 Å². The lowest BCUT2D eigenvalue weighted by atomic mass is 10.1. The third-order valence-corrected chi connectivity index (χ3v) is 4.12. The van der Waals surface area contributed by atoms with E-state index in [9.17, 15) is 9.90 Å². The largest absolute Gasteiger partial charge is 0.466 e. The maximum atomic E-state index is 11.2. The van der Waals surface area contributed by atoms with E-state index in [0.717, 1.165) is 0 Å². The summed E-state index contributed by atoms with van der Waals surface area (Å²) in [5.41, 5.74) is 0. The molecule has 0 saturated heterocycles. The van der Waals surface area contributed by atoms with Gasteiger partial charge in [-0.2, -0.15) is 0 Å². The van der Waals surface area contributed by atoms with Gasteiger partial charge in [0, 0.05) is 0 Å². The third kappa shape index (κ3) is 1.89. The second-order valence-corrected chi connectivity index (χ2v) is 4.60. The Morgan fingerprint density at radius 1 is 1.47 bits per heavy atom. The number of hydrogen-bond donors (Lipinski definition) is 1. The predicted molar refractivity (Wildman–Crippen MR) is 58.4 cm³/mol. The molecule has 1 aliphatic rings. The molecule has 2 atom stereocenters. The number of cyclic esters (lactones) is 1. The minimum absolute atomic E-state index is 0.290. The Labute approximate surface area is 102 Å². The fourth-order valence-corrected chi connectivity index (χ4v) is 2.08. The number of aliphatic hydroxyl groups excluding tert-OH is 1. The van der Waals surface area contributed by atoms with E-state index < -0.39 is 18.2 Å². The van der Waals surface area contributed by atoms with Gasteiger partial charge in [0.2, 0.25) is 0 Å². The van der Waals surface area contributed by atoms with E-state index in [4.69, 9.17) is 9.15 Å². The van der Waals surface area contributed by atoms with Crippen LogP contribution in [0.2, 0.25) is 0 Å². The van der Waals surface area contributed by atoms with Crippen LogP contribution >= 0.6 is 31.9 Å². The summed E-state index contributed by atoms with van der Waals surface area (Å²) < 4.78 is 10.8. The van der Waals surface area contributed by atoms with Crippen LogP contribution in [0.1, 0.15) is 11.9 Å². The molecule has 2 heterocycles. The molecule has 80 valence electrons. The van der Waals surface area contributed by atoms with Crippen molar-refractivity contribution in [3.63, 3.8) is 0 Å². The van der Waals surface area contributed by atoms with Crippen molar-refractivity contribution >= 4 is 37.8 Å². The lowest BCUT2D eigenvalue weighted by Crippen LogP contribution is -2.19. The van der Waals surface area contributed by atoms with Crippen LogP contribution in [0.15, 0.2) is 31.8 Å². The quantitative estimate of drug-likeness (QED) is 0.841. The Kier molecular flexibility index (Phi) is 2.99. The molecule has 0 radical (unpaired) electrons. The molecule has 6 heteroatoms. The zero-order valence-electron chi connectivity index (χ0n) is 7.31. The van der Waals surface area contributed by atoms with E-state index in [1.54, 1.807) is 12.1 Å². The molecule has 0 fully saturated rings. The maximum Gasteiger partial charge on any atom is 0.346 e. The number of furan rings is 1. The van der Waals surface area contributed by atoms with Gasteiger partial charge in [-0.3, -0.25) is 0 Å². The summed E-state index contributed by atoms with van der Waals surface area (Å²) in [7, 11) is 0. The molecule has 0 unspecified atom stereocenters. The fourth-order valence-electron chi connectivity index (χ4n) is 1.25. The monoisotopic (exact) mass is 336 g/mol. The van der Waals surface area contributed by atoms with Crippen molar-refractivity contribution in [2.24, 2.45) is 0 Å². The first-order valence-corrected chi connectivity index (χ1v) is 5.67. The van der Waals surface area contributed by atoms with E-state index in [-0.39, 0.29) is 4.48 Å². The van der Waals surface area contributed by atoms with E-state index in [1.165, 1.54) is 6.26 Å². The molecule has 0 bridgehead atoms. The molecule has 1 aromatic heterocycles. The average Bonchev–Trinajstić information content (AvgIpc) is 2.82. The van der Waals surface area contributed by atoms with Gasteiger partial charge < -0.3 is 14.3 Å². The molecule has 2 rings (SSSR count).